The minimum Gasteiger partial charge on any atom is -0.493 e. The molecule has 0 radical (unpaired) electrons. The second-order valence-corrected chi connectivity index (χ2v) is 12.6. The Balaban J connectivity index is 2.19. The second kappa shape index (κ2) is 10.5. The van der Waals surface area contributed by atoms with Crippen molar-refractivity contribution in [3.8, 4) is 11.5 Å². The van der Waals surface area contributed by atoms with Crippen LogP contribution in [0, 0.1) is 0 Å². The van der Waals surface area contributed by atoms with Crippen LogP contribution in [-0.2, 0) is 31.8 Å². The third kappa shape index (κ3) is 5.41. The average Bonchev–Trinajstić information content (AvgIpc) is 3.02. The zero-order valence-electron chi connectivity index (χ0n) is 19.8. The van der Waals surface area contributed by atoms with E-state index in [0.717, 1.165) is 14.9 Å². The molecule has 0 saturated heterocycles. The molecule has 0 fully saturated rings. The molecule has 0 spiro atoms. The monoisotopic (exact) mass is 542 g/mol. The predicted molar refractivity (Wildman–Crippen MR) is 134 cm³/mol. The van der Waals surface area contributed by atoms with Crippen LogP contribution in [0.25, 0.3) is 0 Å². The van der Waals surface area contributed by atoms with E-state index in [4.69, 9.17) is 9.47 Å². The molecule has 1 heterocycles. The first-order valence-electron chi connectivity index (χ1n) is 10.4. The first kappa shape index (κ1) is 26.8. The summed E-state index contributed by atoms with van der Waals surface area (Å²) in [5.41, 5.74) is 0.337. The van der Waals surface area contributed by atoms with Crippen molar-refractivity contribution in [1.82, 2.24) is 4.90 Å². The molecule has 2 amide bonds. The summed E-state index contributed by atoms with van der Waals surface area (Å²) in [6, 6.07) is 7.85. The number of carbonyl (C=O) groups excluding carboxylic acids is 2. The molecular weight excluding hydrogens is 516 g/mol. The number of carbonyl (C=O) groups is 2. The van der Waals surface area contributed by atoms with Crippen molar-refractivity contribution in [2.45, 2.75) is 13.0 Å². The summed E-state index contributed by atoms with van der Waals surface area (Å²) in [4.78, 5) is 28.0. The van der Waals surface area contributed by atoms with Crippen molar-refractivity contribution < 1.29 is 35.9 Å². The summed E-state index contributed by atoms with van der Waals surface area (Å²) in [6.07, 6.45) is 3.62. The SMILES string of the molecule is CCOc1cc(C(CS(C)(=O)=O)N2C(=O)c3cccc(N(S(C)=O)S(C)=O)c3C2=O)ccc1OC. The fourth-order valence-corrected chi connectivity index (χ4v) is 6.88. The molecule has 0 bridgehead atoms. The van der Waals surface area contributed by atoms with Crippen molar-refractivity contribution in [3.63, 3.8) is 0 Å². The van der Waals surface area contributed by atoms with E-state index in [1.165, 1.54) is 43.9 Å². The van der Waals surface area contributed by atoms with E-state index < -0.39 is 55.4 Å². The second-order valence-electron chi connectivity index (χ2n) is 7.74. The zero-order chi connectivity index (χ0) is 26.1. The number of nitrogens with zero attached hydrogens (tertiary/aromatic N) is 2. The van der Waals surface area contributed by atoms with Crippen molar-refractivity contribution >= 4 is 49.3 Å². The summed E-state index contributed by atoms with van der Waals surface area (Å²) in [6.45, 7) is 2.08. The Morgan fingerprint density at radius 3 is 2.23 bits per heavy atom. The van der Waals surface area contributed by atoms with Gasteiger partial charge in [-0.25, -0.2) is 20.5 Å². The molecule has 3 atom stereocenters. The van der Waals surface area contributed by atoms with Crippen LogP contribution >= 0.6 is 0 Å². The number of methoxy groups -OCH3 is 1. The van der Waals surface area contributed by atoms with Crippen LogP contribution < -0.4 is 13.2 Å². The number of hydrogen-bond donors (Lipinski definition) is 0. The van der Waals surface area contributed by atoms with Gasteiger partial charge in [0.2, 0.25) is 0 Å². The maximum atomic E-state index is 13.6. The van der Waals surface area contributed by atoms with Gasteiger partial charge in [0, 0.05) is 18.8 Å². The molecule has 190 valence electrons. The number of amides is 2. The summed E-state index contributed by atoms with van der Waals surface area (Å²) in [5.74, 6) is -1.28. The molecule has 13 heteroatoms. The molecular formula is C22H26N2O8S3. The zero-order valence-corrected chi connectivity index (χ0v) is 22.3. The summed E-state index contributed by atoms with van der Waals surface area (Å²) in [7, 11) is -5.73. The normalized spacial score (nSPS) is 16.0. The van der Waals surface area contributed by atoms with Gasteiger partial charge in [0.15, 0.2) is 11.5 Å². The summed E-state index contributed by atoms with van der Waals surface area (Å²) >= 11 is 0. The van der Waals surface area contributed by atoms with Crippen molar-refractivity contribution in [2.75, 3.05) is 41.9 Å². The number of ether oxygens (including phenoxy) is 2. The van der Waals surface area contributed by atoms with Gasteiger partial charge in [-0.3, -0.25) is 14.5 Å². The van der Waals surface area contributed by atoms with Gasteiger partial charge in [0.1, 0.15) is 31.8 Å². The van der Waals surface area contributed by atoms with Crippen LogP contribution in [0.3, 0.4) is 0 Å². The van der Waals surface area contributed by atoms with Crippen LogP contribution in [0.4, 0.5) is 5.69 Å². The number of hydrogen-bond acceptors (Lipinski definition) is 8. The molecule has 3 rings (SSSR count). The number of anilines is 1. The highest BCUT2D eigenvalue weighted by molar-refractivity contribution is 8.03. The van der Waals surface area contributed by atoms with Crippen LogP contribution in [0.2, 0.25) is 0 Å². The fourth-order valence-electron chi connectivity index (χ4n) is 3.92. The largest absolute Gasteiger partial charge is 0.493 e. The van der Waals surface area contributed by atoms with E-state index in [-0.39, 0.29) is 16.8 Å². The first-order valence-corrected chi connectivity index (χ1v) is 15.5. The van der Waals surface area contributed by atoms with Gasteiger partial charge in [0.05, 0.1) is 42.3 Å². The Kier molecular flexibility index (Phi) is 8.02. The molecule has 1 aliphatic rings. The summed E-state index contributed by atoms with van der Waals surface area (Å²) < 4.78 is 61.2. The highest BCUT2D eigenvalue weighted by atomic mass is 32.3. The highest BCUT2D eigenvalue weighted by Crippen LogP contribution is 2.39. The van der Waals surface area contributed by atoms with Crippen molar-refractivity contribution in [3.05, 3.63) is 53.1 Å². The van der Waals surface area contributed by atoms with Crippen molar-refractivity contribution in [2.24, 2.45) is 0 Å². The molecule has 3 unspecified atom stereocenters. The lowest BCUT2D eigenvalue weighted by atomic mass is 10.1. The predicted octanol–water partition coefficient (Wildman–Crippen LogP) is 1.87. The van der Waals surface area contributed by atoms with E-state index in [0.29, 0.717) is 23.7 Å². The van der Waals surface area contributed by atoms with E-state index in [2.05, 4.69) is 0 Å². The van der Waals surface area contributed by atoms with E-state index in [9.17, 15) is 26.4 Å². The molecule has 0 N–H and O–H groups in total. The van der Waals surface area contributed by atoms with Crippen LogP contribution in [0.1, 0.15) is 39.2 Å². The minimum absolute atomic E-state index is 0.00504. The van der Waals surface area contributed by atoms with Crippen LogP contribution in [0.15, 0.2) is 36.4 Å². The minimum atomic E-state index is -3.66. The molecule has 35 heavy (non-hydrogen) atoms. The van der Waals surface area contributed by atoms with E-state index >= 15 is 0 Å². The van der Waals surface area contributed by atoms with Gasteiger partial charge in [-0.05, 0) is 36.8 Å². The smallest absolute Gasteiger partial charge is 0.264 e. The molecule has 0 aliphatic carbocycles. The number of fused-ring (bicyclic) bond motifs is 1. The lowest BCUT2D eigenvalue weighted by Gasteiger charge is -2.27. The Morgan fingerprint density at radius 2 is 1.69 bits per heavy atom. The molecule has 0 aromatic heterocycles. The Hall–Kier alpha value is -2.77. The first-order chi connectivity index (χ1) is 16.4. The highest BCUT2D eigenvalue weighted by Gasteiger charge is 2.44. The number of rotatable bonds is 10. The quantitative estimate of drug-likeness (QED) is 0.417. The van der Waals surface area contributed by atoms with E-state index in [1.807, 2.05) is 0 Å². The topological polar surface area (TPSA) is 127 Å². The van der Waals surface area contributed by atoms with Crippen LogP contribution in [-0.4, -0.2) is 71.8 Å². The average molecular weight is 543 g/mol. The maximum absolute atomic E-state index is 13.6. The Labute approximate surface area is 209 Å². The molecule has 10 nitrogen and oxygen atoms in total. The van der Waals surface area contributed by atoms with Gasteiger partial charge >= 0.3 is 0 Å². The third-order valence-corrected chi connectivity index (χ3v) is 8.74. The number of benzene rings is 2. The standard InChI is InChI=1S/C22H26N2O8S3/c1-6-32-19-12-14(10-11-18(19)31-2)17(13-35(5,29)30)23-21(25)15-8-7-9-16(20(15)22(23)26)24(33(3)27)34(4)28/h7-12,17H,6,13H2,1-5H3. The van der Waals surface area contributed by atoms with Gasteiger partial charge in [-0.15, -0.1) is 0 Å². The van der Waals surface area contributed by atoms with Gasteiger partial charge < -0.3 is 9.47 Å². The molecule has 0 saturated carbocycles. The maximum Gasteiger partial charge on any atom is 0.264 e. The summed E-state index contributed by atoms with van der Waals surface area (Å²) in [5, 5.41) is 0. The van der Waals surface area contributed by atoms with Gasteiger partial charge in [-0.2, -0.15) is 0 Å². The molecule has 2 aromatic rings. The number of sulfone groups is 1. The third-order valence-electron chi connectivity index (χ3n) is 5.23. The van der Waals surface area contributed by atoms with E-state index in [1.54, 1.807) is 19.1 Å². The van der Waals surface area contributed by atoms with Gasteiger partial charge in [-0.1, -0.05) is 12.1 Å². The fraction of sp³-hybridized carbons (Fsp3) is 0.364. The lowest BCUT2D eigenvalue weighted by Crippen LogP contribution is -2.38. The Bertz CT molecular complexity index is 1310. The van der Waals surface area contributed by atoms with Crippen LogP contribution in [0.5, 0.6) is 11.5 Å². The van der Waals surface area contributed by atoms with Gasteiger partial charge in [0.25, 0.3) is 11.8 Å². The Morgan fingerprint density at radius 1 is 1.03 bits per heavy atom. The lowest BCUT2D eigenvalue weighted by molar-refractivity contribution is 0.0597. The van der Waals surface area contributed by atoms with Crippen molar-refractivity contribution in [1.29, 1.82) is 0 Å². The molecule has 1 aliphatic heterocycles. The molecule has 2 aromatic carbocycles. The number of imide groups is 1.